The highest BCUT2D eigenvalue weighted by Crippen LogP contribution is 2.29. The number of nitriles is 1. The van der Waals surface area contributed by atoms with Crippen LogP contribution in [0.2, 0.25) is 0 Å². The normalized spacial score (nSPS) is 11.4. The zero-order chi connectivity index (χ0) is 16.6. The van der Waals surface area contributed by atoms with Crippen molar-refractivity contribution in [2.45, 2.75) is 26.2 Å². The second kappa shape index (κ2) is 5.76. The van der Waals surface area contributed by atoms with E-state index in [-0.39, 0.29) is 11.3 Å². The van der Waals surface area contributed by atoms with Gasteiger partial charge in [0.25, 0.3) is 5.91 Å². The molecule has 0 spiro atoms. The molecule has 4 nitrogen and oxygen atoms in total. The van der Waals surface area contributed by atoms with Crippen molar-refractivity contribution >= 4 is 43.8 Å². The SMILES string of the molecule is CC(C)(C)c1csc(NC(=O)c2cc3cc(C#N)ccc3s2)n1. The summed E-state index contributed by atoms with van der Waals surface area (Å²) in [6.07, 6.45) is 0. The molecule has 0 aliphatic rings. The molecular weight excluding hydrogens is 326 g/mol. The molecule has 0 bridgehead atoms. The highest BCUT2D eigenvalue weighted by atomic mass is 32.1. The quantitative estimate of drug-likeness (QED) is 0.729. The van der Waals surface area contributed by atoms with Gasteiger partial charge in [0, 0.05) is 15.5 Å². The van der Waals surface area contributed by atoms with E-state index in [2.05, 4.69) is 37.1 Å². The predicted octanol–water partition coefficient (Wildman–Crippen LogP) is 4.78. The second-order valence-corrected chi connectivity index (χ2v) is 8.16. The zero-order valence-electron chi connectivity index (χ0n) is 13.0. The Morgan fingerprint density at radius 1 is 1.30 bits per heavy atom. The lowest BCUT2D eigenvalue weighted by molar-refractivity contribution is 0.103. The van der Waals surface area contributed by atoms with Crippen LogP contribution in [0, 0.1) is 11.3 Å². The molecule has 0 radical (unpaired) electrons. The summed E-state index contributed by atoms with van der Waals surface area (Å²) in [6.45, 7) is 6.27. The number of hydrogen-bond donors (Lipinski definition) is 1. The third kappa shape index (κ3) is 3.26. The van der Waals surface area contributed by atoms with Crippen LogP contribution in [0.1, 0.15) is 41.7 Å². The Morgan fingerprint density at radius 3 is 2.74 bits per heavy atom. The van der Waals surface area contributed by atoms with Gasteiger partial charge >= 0.3 is 0 Å². The monoisotopic (exact) mass is 341 g/mol. The van der Waals surface area contributed by atoms with Gasteiger partial charge in [0.1, 0.15) is 0 Å². The maximum absolute atomic E-state index is 12.4. The number of rotatable bonds is 2. The van der Waals surface area contributed by atoms with Gasteiger partial charge in [0.2, 0.25) is 0 Å². The summed E-state index contributed by atoms with van der Waals surface area (Å²) in [6, 6.07) is 9.35. The number of nitrogens with one attached hydrogen (secondary N) is 1. The Hall–Kier alpha value is -2.23. The minimum absolute atomic E-state index is 0.0369. The van der Waals surface area contributed by atoms with Gasteiger partial charge in [-0.3, -0.25) is 10.1 Å². The van der Waals surface area contributed by atoms with Crippen LogP contribution in [0.25, 0.3) is 10.1 Å². The van der Waals surface area contributed by atoms with Crippen LogP contribution in [-0.4, -0.2) is 10.9 Å². The van der Waals surface area contributed by atoms with Crippen LogP contribution in [-0.2, 0) is 5.41 Å². The topological polar surface area (TPSA) is 65.8 Å². The van der Waals surface area contributed by atoms with Crippen molar-refractivity contribution in [3.63, 3.8) is 0 Å². The third-order valence-corrected chi connectivity index (χ3v) is 5.23. The van der Waals surface area contributed by atoms with Gasteiger partial charge in [-0.05, 0) is 29.7 Å². The first-order chi connectivity index (χ1) is 10.9. The number of hydrogen-bond acceptors (Lipinski definition) is 5. The standard InChI is InChI=1S/C17H15N3OS2/c1-17(2,3)14-9-22-16(19-14)20-15(21)13-7-11-6-10(8-18)4-5-12(11)23-13/h4-7,9H,1-3H3,(H,19,20,21). The molecule has 0 saturated carbocycles. The lowest BCUT2D eigenvalue weighted by Gasteiger charge is -2.14. The summed E-state index contributed by atoms with van der Waals surface area (Å²) in [7, 11) is 0. The molecule has 6 heteroatoms. The summed E-state index contributed by atoms with van der Waals surface area (Å²) < 4.78 is 0.990. The molecule has 0 aliphatic heterocycles. The van der Waals surface area contributed by atoms with E-state index in [0.717, 1.165) is 15.8 Å². The summed E-state index contributed by atoms with van der Waals surface area (Å²) in [5.74, 6) is -0.167. The Labute approximate surface area is 142 Å². The van der Waals surface area contributed by atoms with Crippen LogP contribution in [0.4, 0.5) is 5.13 Å². The second-order valence-electron chi connectivity index (χ2n) is 6.22. The largest absolute Gasteiger partial charge is 0.297 e. The number of anilines is 1. The van der Waals surface area contributed by atoms with E-state index < -0.39 is 0 Å². The fraction of sp³-hybridized carbons (Fsp3) is 0.235. The molecule has 3 aromatic rings. The minimum Gasteiger partial charge on any atom is -0.297 e. The van der Waals surface area contributed by atoms with E-state index in [9.17, 15) is 4.79 Å². The Bertz CT molecular complexity index is 925. The minimum atomic E-state index is -0.167. The van der Waals surface area contributed by atoms with Crippen molar-refractivity contribution in [1.29, 1.82) is 5.26 Å². The predicted molar refractivity (Wildman–Crippen MR) is 95.3 cm³/mol. The number of nitrogens with zero attached hydrogens (tertiary/aromatic N) is 2. The molecule has 2 heterocycles. The van der Waals surface area contributed by atoms with Crippen molar-refractivity contribution in [2.75, 3.05) is 5.32 Å². The van der Waals surface area contributed by atoms with Crippen molar-refractivity contribution in [2.24, 2.45) is 0 Å². The molecule has 1 aromatic carbocycles. The molecule has 23 heavy (non-hydrogen) atoms. The lowest BCUT2D eigenvalue weighted by atomic mass is 9.93. The van der Waals surface area contributed by atoms with Gasteiger partial charge in [0.05, 0.1) is 22.2 Å². The highest BCUT2D eigenvalue weighted by Gasteiger charge is 2.19. The molecule has 1 N–H and O–H groups in total. The number of aromatic nitrogens is 1. The van der Waals surface area contributed by atoms with Crippen molar-refractivity contribution in [1.82, 2.24) is 4.98 Å². The Morgan fingerprint density at radius 2 is 2.09 bits per heavy atom. The molecular formula is C17H15N3OS2. The summed E-state index contributed by atoms with van der Waals surface area (Å²) >= 11 is 2.84. The number of fused-ring (bicyclic) bond motifs is 1. The summed E-state index contributed by atoms with van der Waals surface area (Å²) in [5.41, 5.74) is 1.52. The first kappa shape index (κ1) is 15.7. The van der Waals surface area contributed by atoms with Crippen LogP contribution in [0.5, 0.6) is 0 Å². The maximum Gasteiger partial charge on any atom is 0.267 e. The number of benzene rings is 1. The van der Waals surface area contributed by atoms with Gasteiger partial charge in [-0.2, -0.15) is 5.26 Å². The average molecular weight is 341 g/mol. The number of carbonyl (C=O) groups is 1. The maximum atomic E-state index is 12.4. The summed E-state index contributed by atoms with van der Waals surface area (Å²) in [4.78, 5) is 17.5. The number of amides is 1. The van der Waals surface area contributed by atoms with Gasteiger partial charge in [-0.15, -0.1) is 22.7 Å². The van der Waals surface area contributed by atoms with Gasteiger partial charge in [-0.25, -0.2) is 4.98 Å². The van der Waals surface area contributed by atoms with Gasteiger partial charge in [-0.1, -0.05) is 20.8 Å². The number of carbonyl (C=O) groups excluding carboxylic acids is 1. The highest BCUT2D eigenvalue weighted by molar-refractivity contribution is 7.21. The fourth-order valence-electron chi connectivity index (χ4n) is 2.06. The molecule has 0 saturated heterocycles. The summed E-state index contributed by atoms with van der Waals surface area (Å²) in [5, 5.41) is 15.3. The first-order valence-corrected chi connectivity index (χ1v) is 8.77. The van der Waals surface area contributed by atoms with Crippen LogP contribution >= 0.6 is 22.7 Å². The zero-order valence-corrected chi connectivity index (χ0v) is 14.6. The van der Waals surface area contributed by atoms with E-state index in [1.807, 2.05) is 17.5 Å². The van der Waals surface area contributed by atoms with Crippen molar-refractivity contribution in [3.05, 3.63) is 45.8 Å². The molecule has 0 unspecified atom stereocenters. The van der Waals surface area contributed by atoms with E-state index in [1.54, 1.807) is 12.1 Å². The van der Waals surface area contributed by atoms with Crippen LogP contribution in [0.15, 0.2) is 29.6 Å². The fourth-order valence-corrected chi connectivity index (χ4v) is 3.93. The van der Waals surface area contributed by atoms with Crippen LogP contribution < -0.4 is 5.32 Å². The van der Waals surface area contributed by atoms with E-state index >= 15 is 0 Å². The van der Waals surface area contributed by atoms with E-state index in [0.29, 0.717) is 15.6 Å². The van der Waals surface area contributed by atoms with Crippen molar-refractivity contribution in [3.8, 4) is 6.07 Å². The van der Waals surface area contributed by atoms with Gasteiger partial charge < -0.3 is 0 Å². The molecule has 1 amide bonds. The average Bonchev–Trinajstić information content (AvgIpc) is 3.11. The molecule has 2 aromatic heterocycles. The molecule has 0 atom stereocenters. The van der Waals surface area contributed by atoms with E-state index in [1.165, 1.54) is 22.7 Å². The first-order valence-electron chi connectivity index (χ1n) is 7.08. The molecule has 116 valence electrons. The van der Waals surface area contributed by atoms with Crippen molar-refractivity contribution < 1.29 is 4.79 Å². The molecule has 0 aliphatic carbocycles. The third-order valence-electron chi connectivity index (χ3n) is 3.36. The van der Waals surface area contributed by atoms with E-state index in [4.69, 9.17) is 5.26 Å². The molecule has 0 fully saturated rings. The number of thiophene rings is 1. The van der Waals surface area contributed by atoms with Gasteiger partial charge in [0.15, 0.2) is 5.13 Å². The smallest absolute Gasteiger partial charge is 0.267 e. The van der Waals surface area contributed by atoms with Crippen LogP contribution in [0.3, 0.4) is 0 Å². The molecule has 3 rings (SSSR count). The Balaban J connectivity index is 1.83. The Kier molecular flexibility index (Phi) is 3.92. The number of thiazole rings is 1. The lowest BCUT2D eigenvalue weighted by Crippen LogP contribution is -2.13.